The van der Waals surface area contributed by atoms with Gasteiger partial charge in [0.15, 0.2) is 0 Å². The minimum atomic E-state index is 0.785. The maximum atomic E-state index is 3.71. The fraction of sp³-hybridized carbons (Fsp3) is 0.333. The van der Waals surface area contributed by atoms with Crippen LogP contribution in [0.5, 0.6) is 0 Å². The van der Waals surface area contributed by atoms with Gasteiger partial charge < -0.3 is 0 Å². The van der Waals surface area contributed by atoms with Crippen LogP contribution in [0.15, 0.2) is 28.7 Å². The molecule has 0 amide bonds. The van der Waals surface area contributed by atoms with E-state index < -0.39 is 0 Å². The van der Waals surface area contributed by atoms with Crippen molar-refractivity contribution >= 4 is 0 Å². The molecule has 0 aliphatic carbocycles. The summed E-state index contributed by atoms with van der Waals surface area (Å²) in [6.45, 7) is 2.76. The van der Waals surface area contributed by atoms with E-state index >= 15 is 0 Å². The summed E-state index contributed by atoms with van der Waals surface area (Å²) in [6, 6.07) is 0. The van der Waals surface area contributed by atoms with Gasteiger partial charge in [0.2, 0.25) is 0 Å². The van der Waals surface area contributed by atoms with Gasteiger partial charge in [0, 0.05) is 0 Å². The summed E-state index contributed by atoms with van der Waals surface area (Å²) in [7, 11) is 0. The van der Waals surface area contributed by atoms with Gasteiger partial charge in [0.25, 0.3) is 0 Å². The van der Waals surface area contributed by atoms with Crippen molar-refractivity contribution in [1.29, 1.82) is 0 Å². The highest BCUT2D eigenvalue weighted by atomic mass is 15.6. The molecule has 0 atom stereocenters. The predicted octanol–water partition coefficient (Wildman–Crippen LogP) is 1.52. The lowest BCUT2D eigenvalue weighted by atomic mass is 10.5. The van der Waals surface area contributed by atoms with E-state index in [4.69, 9.17) is 0 Å². The van der Waals surface area contributed by atoms with Crippen molar-refractivity contribution in [3.8, 4) is 0 Å². The molecule has 1 rings (SSSR count). The van der Waals surface area contributed by atoms with Crippen molar-refractivity contribution in [3.05, 3.63) is 24.6 Å². The number of allylic oxidation sites excluding steroid dienone is 1. The third-order valence-corrected chi connectivity index (χ3v) is 0.952. The maximum absolute atomic E-state index is 3.71. The van der Waals surface area contributed by atoms with E-state index in [9.17, 15) is 0 Å². The second-order valence-corrected chi connectivity index (χ2v) is 1.64. The molecule has 0 radical (unpaired) electrons. The highest BCUT2D eigenvalue weighted by Gasteiger charge is 2.08. The summed E-state index contributed by atoms with van der Waals surface area (Å²) < 4.78 is 0. The van der Waals surface area contributed by atoms with Gasteiger partial charge in [-0.25, -0.2) is 0 Å². The van der Waals surface area contributed by atoms with Gasteiger partial charge in [-0.05, 0) is 12.1 Å². The van der Waals surface area contributed by atoms with E-state index in [0.717, 1.165) is 6.54 Å². The molecular formula is C6H8N3+. The van der Waals surface area contributed by atoms with Crippen LogP contribution in [0.3, 0.4) is 0 Å². The fourth-order valence-corrected chi connectivity index (χ4v) is 0.504. The largest absolute Gasteiger partial charge is 0.445 e. The summed E-state index contributed by atoms with van der Waals surface area (Å²) >= 11 is 0. The Hall–Kier alpha value is -1.21. The average molecular weight is 122 g/mol. The molecule has 0 saturated carbocycles. The molecule has 0 N–H and O–H groups in total. The quantitative estimate of drug-likeness (QED) is 0.403. The van der Waals surface area contributed by atoms with Crippen LogP contribution in [0, 0.1) is 6.20 Å². The van der Waals surface area contributed by atoms with E-state index in [-0.39, 0.29) is 0 Å². The molecule has 0 fully saturated rings. The zero-order valence-corrected chi connectivity index (χ0v) is 5.28. The van der Waals surface area contributed by atoms with Gasteiger partial charge >= 0.3 is 12.4 Å². The number of nitrogens with zero attached hydrogens (tertiary/aromatic N) is 3. The zero-order chi connectivity index (χ0) is 6.53. The van der Waals surface area contributed by atoms with Crippen molar-refractivity contribution in [2.75, 3.05) is 6.54 Å². The Morgan fingerprint density at radius 1 is 1.78 bits per heavy atom. The van der Waals surface area contributed by atoms with Gasteiger partial charge in [-0.1, -0.05) is 12.2 Å². The Labute approximate surface area is 54.4 Å². The summed E-state index contributed by atoms with van der Waals surface area (Å²) in [5.41, 5.74) is 0. The van der Waals surface area contributed by atoms with Crippen molar-refractivity contribution in [2.24, 2.45) is 10.3 Å². The molecule has 0 aromatic carbocycles. The molecule has 0 spiro atoms. The van der Waals surface area contributed by atoms with E-state index in [1.807, 2.05) is 19.1 Å². The summed E-state index contributed by atoms with van der Waals surface area (Å²) in [4.78, 5) is 0. The van der Waals surface area contributed by atoms with Crippen molar-refractivity contribution in [3.63, 3.8) is 0 Å². The van der Waals surface area contributed by atoms with Crippen LogP contribution < -0.4 is 0 Å². The van der Waals surface area contributed by atoms with Gasteiger partial charge in [0.1, 0.15) is 5.11 Å². The summed E-state index contributed by atoms with van der Waals surface area (Å²) in [5.74, 6) is 0. The lowest BCUT2D eigenvalue weighted by molar-refractivity contribution is 0.434. The molecule has 3 nitrogen and oxygen atoms in total. The molecule has 0 aromatic heterocycles. The monoisotopic (exact) mass is 122 g/mol. The predicted molar refractivity (Wildman–Crippen MR) is 34.2 cm³/mol. The minimum Gasteiger partial charge on any atom is -0.197 e. The third kappa shape index (κ3) is 1.63. The first-order chi connectivity index (χ1) is 4.43. The third-order valence-electron chi connectivity index (χ3n) is 0.952. The molecule has 46 valence electrons. The summed E-state index contributed by atoms with van der Waals surface area (Å²) in [6.07, 6.45) is 8.29. The number of hydrogen-bond donors (Lipinski definition) is 0. The lowest BCUT2D eigenvalue weighted by Crippen LogP contribution is -2.05. The second kappa shape index (κ2) is 2.95. The van der Waals surface area contributed by atoms with E-state index in [1.54, 1.807) is 11.2 Å². The van der Waals surface area contributed by atoms with Crippen molar-refractivity contribution in [1.82, 2.24) is 5.01 Å². The molecule has 0 bridgehead atoms. The molecule has 3 heteroatoms. The lowest BCUT2D eigenvalue weighted by Gasteiger charge is -1.96. The molecular weight excluding hydrogens is 114 g/mol. The smallest absolute Gasteiger partial charge is 0.197 e. The Morgan fingerprint density at radius 2 is 2.67 bits per heavy atom. The molecule has 1 aliphatic heterocycles. The van der Waals surface area contributed by atoms with E-state index in [1.165, 1.54) is 0 Å². The van der Waals surface area contributed by atoms with E-state index in [2.05, 4.69) is 16.5 Å². The highest BCUT2D eigenvalue weighted by molar-refractivity contribution is 4.85. The SMILES string of the molecule is CC=CCN1C=[C+]N=N1. The molecule has 0 unspecified atom stereocenters. The normalized spacial score (nSPS) is 15.4. The Kier molecular flexibility index (Phi) is 1.94. The Balaban J connectivity index is 2.29. The molecule has 0 aromatic rings. The molecule has 1 heterocycles. The van der Waals surface area contributed by atoms with Crippen LogP contribution in [0.1, 0.15) is 6.92 Å². The molecule has 1 aliphatic rings. The van der Waals surface area contributed by atoms with Crippen LogP contribution in [0.25, 0.3) is 0 Å². The first kappa shape index (κ1) is 5.92. The van der Waals surface area contributed by atoms with Crippen molar-refractivity contribution < 1.29 is 0 Å². The summed E-state index contributed by atoms with van der Waals surface area (Å²) in [5, 5.41) is 8.95. The maximum Gasteiger partial charge on any atom is 0.445 e. The van der Waals surface area contributed by atoms with Crippen LogP contribution in [0.4, 0.5) is 0 Å². The Bertz CT molecular complexity index is 146. The van der Waals surface area contributed by atoms with Gasteiger partial charge in [-0.2, -0.15) is 5.01 Å². The molecule has 0 saturated heterocycles. The first-order valence-corrected chi connectivity index (χ1v) is 2.81. The second-order valence-electron chi connectivity index (χ2n) is 1.64. The topological polar surface area (TPSA) is 28.0 Å². The van der Waals surface area contributed by atoms with Crippen LogP contribution in [-0.4, -0.2) is 11.6 Å². The van der Waals surface area contributed by atoms with Gasteiger partial charge in [-0.3, -0.25) is 0 Å². The fourth-order valence-electron chi connectivity index (χ4n) is 0.504. The standard InChI is InChI=1S/C6H8N3/c1-2-3-5-9-6-4-7-8-9/h2-3,6H,5H2,1H3/q+1. The average Bonchev–Trinajstić information content (AvgIpc) is 2.34. The number of rotatable bonds is 2. The zero-order valence-electron chi connectivity index (χ0n) is 5.28. The van der Waals surface area contributed by atoms with Crippen LogP contribution >= 0.6 is 0 Å². The number of hydrogen-bond acceptors (Lipinski definition) is 3. The van der Waals surface area contributed by atoms with Gasteiger partial charge in [-0.15, -0.1) is 0 Å². The molecule has 9 heavy (non-hydrogen) atoms. The van der Waals surface area contributed by atoms with Crippen LogP contribution in [-0.2, 0) is 0 Å². The first-order valence-electron chi connectivity index (χ1n) is 2.81. The van der Waals surface area contributed by atoms with Crippen molar-refractivity contribution in [2.45, 2.75) is 6.92 Å². The van der Waals surface area contributed by atoms with E-state index in [0.29, 0.717) is 0 Å². The Morgan fingerprint density at radius 3 is 3.22 bits per heavy atom. The van der Waals surface area contributed by atoms with Gasteiger partial charge in [0.05, 0.1) is 6.54 Å². The minimum absolute atomic E-state index is 0.785. The highest BCUT2D eigenvalue weighted by Crippen LogP contribution is 1.99. The van der Waals surface area contributed by atoms with Crippen LogP contribution in [0.2, 0.25) is 0 Å².